The number of rotatable bonds is 5. The zero-order valence-corrected chi connectivity index (χ0v) is 13.0. The van der Waals surface area contributed by atoms with E-state index >= 15 is 0 Å². The van der Waals surface area contributed by atoms with Crippen LogP contribution in [0.5, 0.6) is 0 Å². The number of amides is 1. The highest BCUT2D eigenvalue weighted by molar-refractivity contribution is 5.71. The highest BCUT2D eigenvalue weighted by Gasteiger charge is 2.27. The molecule has 0 spiro atoms. The molecule has 0 saturated carbocycles. The van der Waals surface area contributed by atoms with Gasteiger partial charge < -0.3 is 25.1 Å². The van der Waals surface area contributed by atoms with E-state index < -0.39 is 16.6 Å². The monoisotopic (exact) mass is 314 g/mol. The predicted octanol–water partition coefficient (Wildman–Crippen LogP) is 0.980. The van der Waals surface area contributed by atoms with Crippen molar-refractivity contribution in [2.24, 2.45) is 0 Å². The molecule has 0 aromatic rings. The summed E-state index contributed by atoms with van der Waals surface area (Å²) in [4.78, 5) is 23.4. The quantitative estimate of drug-likeness (QED) is 0.443. The van der Waals surface area contributed by atoms with Gasteiger partial charge in [-0.1, -0.05) is 0 Å². The first-order valence-electron chi connectivity index (χ1n) is 6.91. The van der Waals surface area contributed by atoms with Crippen molar-refractivity contribution < 1.29 is 19.2 Å². The molecule has 1 aliphatic heterocycles. The van der Waals surface area contributed by atoms with Gasteiger partial charge in [-0.25, -0.2) is 4.79 Å². The Kier molecular flexibility index (Phi) is 6.29. The number of carbonyl (C=O) groups excluding carboxylic acids is 1. The largest absolute Gasteiger partial charge is 0.444 e. The van der Waals surface area contributed by atoms with Crippen molar-refractivity contribution in [2.45, 2.75) is 32.5 Å². The molecule has 124 valence electrons. The van der Waals surface area contributed by atoms with E-state index in [0.29, 0.717) is 32.5 Å². The van der Waals surface area contributed by atoms with Crippen LogP contribution in [0.3, 0.4) is 0 Å². The summed E-state index contributed by atoms with van der Waals surface area (Å²) in [6.07, 6.45) is 1.10. The van der Waals surface area contributed by atoms with E-state index in [1.165, 1.54) is 0 Å². The molecule has 1 atom stereocenters. The fourth-order valence-corrected chi connectivity index (χ4v) is 1.78. The van der Waals surface area contributed by atoms with Crippen molar-refractivity contribution >= 4 is 12.3 Å². The Bertz CT molecular complexity index is 458. The van der Waals surface area contributed by atoms with Gasteiger partial charge in [0.1, 0.15) is 5.60 Å². The summed E-state index contributed by atoms with van der Waals surface area (Å²) in [6, 6.07) is 0. The average molecular weight is 314 g/mol. The molecular weight excluding hydrogens is 292 g/mol. The maximum absolute atomic E-state index is 12.0. The highest BCUT2D eigenvalue weighted by atomic mass is 16.6. The summed E-state index contributed by atoms with van der Waals surface area (Å²) in [5.74, 6) is 0. The zero-order valence-electron chi connectivity index (χ0n) is 13.0. The third-order valence-electron chi connectivity index (χ3n) is 2.74. The first-order valence-corrected chi connectivity index (χ1v) is 6.91. The van der Waals surface area contributed by atoms with Crippen molar-refractivity contribution in [2.75, 3.05) is 26.2 Å². The minimum Gasteiger partial charge on any atom is -0.444 e. The molecule has 22 heavy (non-hydrogen) atoms. The van der Waals surface area contributed by atoms with Crippen LogP contribution >= 0.6 is 0 Å². The molecule has 1 heterocycles. The molecular formula is C13H22N4O5. The average Bonchev–Trinajstić information content (AvgIpc) is 2.41. The van der Waals surface area contributed by atoms with Gasteiger partial charge in [0.05, 0.1) is 36.6 Å². The van der Waals surface area contributed by atoms with Crippen molar-refractivity contribution in [3.05, 3.63) is 22.0 Å². The van der Waals surface area contributed by atoms with Gasteiger partial charge in [-0.2, -0.15) is 0 Å². The van der Waals surface area contributed by atoms with E-state index in [2.05, 4.69) is 5.32 Å². The second-order valence-corrected chi connectivity index (χ2v) is 5.80. The van der Waals surface area contributed by atoms with Gasteiger partial charge in [0.15, 0.2) is 0 Å². The van der Waals surface area contributed by atoms with Crippen LogP contribution in [0, 0.1) is 15.5 Å². The maximum atomic E-state index is 12.0. The minimum atomic E-state index is -0.658. The van der Waals surface area contributed by atoms with Crippen LogP contribution in [0.2, 0.25) is 0 Å². The van der Waals surface area contributed by atoms with E-state index in [1.54, 1.807) is 25.7 Å². The number of hydrogen-bond donors (Lipinski definition) is 2. The molecule has 0 aromatic carbocycles. The standard InChI is InChI=1S/C13H22N4O5/c1-13(2,3)22-12(18)16-4-5-21-11(9-16)8-15-7-10(6-14)17(19)20/h6-7,11,14-15H,4-5,8-9H2,1-3H3/b10-7+,14-6?. The normalized spacial score (nSPS) is 19.5. The predicted molar refractivity (Wildman–Crippen MR) is 79.4 cm³/mol. The number of nitro groups is 1. The van der Waals surface area contributed by atoms with Crippen LogP contribution in [0.15, 0.2) is 11.9 Å². The highest BCUT2D eigenvalue weighted by Crippen LogP contribution is 2.12. The van der Waals surface area contributed by atoms with E-state index in [1.807, 2.05) is 0 Å². The first kappa shape index (κ1) is 17.9. The molecule has 9 heteroatoms. The molecule has 2 N–H and O–H groups in total. The Labute approximate surface area is 128 Å². The fraction of sp³-hybridized carbons (Fsp3) is 0.692. The van der Waals surface area contributed by atoms with E-state index in [4.69, 9.17) is 14.9 Å². The summed E-state index contributed by atoms with van der Waals surface area (Å²) < 4.78 is 10.8. The Balaban J connectivity index is 2.48. The third kappa shape index (κ3) is 6.08. The van der Waals surface area contributed by atoms with Gasteiger partial charge in [0, 0.05) is 13.1 Å². The molecule has 1 aliphatic rings. The van der Waals surface area contributed by atoms with Crippen molar-refractivity contribution in [1.82, 2.24) is 10.2 Å². The number of ether oxygens (including phenoxy) is 2. The second-order valence-electron chi connectivity index (χ2n) is 5.80. The lowest BCUT2D eigenvalue weighted by molar-refractivity contribution is -0.414. The first-order chi connectivity index (χ1) is 10.2. The van der Waals surface area contributed by atoms with Crippen molar-refractivity contribution in [3.8, 4) is 0 Å². The molecule has 0 aromatic heterocycles. The number of morpholine rings is 1. The molecule has 1 amide bonds. The summed E-state index contributed by atoms with van der Waals surface area (Å²) in [5.41, 5.74) is -0.906. The van der Waals surface area contributed by atoms with Gasteiger partial charge >= 0.3 is 11.8 Å². The minimum absolute atomic E-state index is 0.295. The number of carbonyl (C=O) groups is 1. The lowest BCUT2D eigenvalue weighted by atomic mass is 10.2. The van der Waals surface area contributed by atoms with Gasteiger partial charge in [-0.05, 0) is 20.8 Å². The molecule has 0 bridgehead atoms. The van der Waals surface area contributed by atoms with Crippen LogP contribution in [0.25, 0.3) is 0 Å². The summed E-state index contributed by atoms with van der Waals surface area (Å²) in [5, 5.41) is 20.2. The molecule has 1 unspecified atom stereocenters. The second kappa shape index (κ2) is 7.74. The molecule has 9 nitrogen and oxygen atoms in total. The lowest BCUT2D eigenvalue weighted by Crippen LogP contribution is -2.49. The molecule has 0 radical (unpaired) electrons. The Morgan fingerprint density at radius 3 is 2.82 bits per heavy atom. The van der Waals surface area contributed by atoms with E-state index in [9.17, 15) is 14.9 Å². The SMILES string of the molecule is CC(C)(C)OC(=O)N1CCOC(CN/C=C(\C=N)[N+](=O)[O-])C1. The third-order valence-corrected chi connectivity index (χ3v) is 2.74. The van der Waals surface area contributed by atoms with Gasteiger partial charge in [0.25, 0.3) is 0 Å². The molecule has 1 fully saturated rings. The number of nitrogens with zero attached hydrogens (tertiary/aromatic N) is 2. The summed E-state index contributed by atoms with van der Waals surface area (Å²) in [6.45, 7) is 6.85. The zero-order chi connectivity index (χ0) is 16.8. The smallest absolute Gasteiger partial charge is 0.410 e. The van der Waals surface area contributed by atoms with E-state index in [-0.39, 0.29) is 11.8 Å². The van der Waals surface area contributed by atoms with Gasteiger partial charge in [-0.3, -0.25) is 10.1 Å². The molecule has 1 rings (SSSR count). The molecule has 1 saturated heterocycles. The van der Waals surface area contributed by atoms with Gasteiger partial charge in [-0.15, -0.1) is 0 Å². The summed E-state index contributed by atoms with van der Waals surface area (Å²) in [7, 11) is 0. The number of nitrogens with one attached hydrogen (secondary N) is 2. The number of allylic oxidation sites excluding steroid dienone is 1. The van der Waals surface area contributed by atoms with Crippen LogP contribution in [0.4, 0.5) is 4.79 Å². The fourth-order valence-electron chi connectivity index (χ4n) is 1.78. The molecule has 0 aliphatic carbocycles. The van der Waals surface area contributed by atoms with Crippen molar-refractivity contribution in [1.29, 1.82) is 5.41 Å². The van der Waals surface area contributed by atoms with Gasteiger partial charge in [0.2, 0.25) is 0 Å². The van der Waals surface area contributed by atoms with E-state index in [0.717, 1.165) is 6.20 Å². The Morgan fingerprint density at radius 2 is 2.27 bits per heavy atom. The Hall–Kier alpha value is -2.16. The van der Waals surface area contributed by atoms with Crippen LogP contribution in [-0.2, 0) is 9.47 Å². The number of hydrogen-bond acceptors (Lipinski definition) is 7. The summed E-state index contributed by atoms with van der Waals surface area (Å²) >= 11 is 0. The van der Waals surface area contributed by atoms with Crippen LogP contribution < -0.4 is 5.32 Å². The van der Waals surface area contributed by atoms with Crippen LogP contribution in [0.1, 0.15) is 20.8 Å². The van der Waals surface area contributed by atoms with Crippen LogP contribution in [-0.4, -0.2) is 60.1 Å². The maximum Gasteiger partial charge on any atom is 0.410 e. The Morgan fingerprint density at radius 1 is 1.59 bits per heavy atom. The van der Waals surface area contributed by atoms with Crippen molar-refractivity contribution in [3.63, 3.8) is 0 Å². The topological polar surface area (TPSA) is 118 Å². The lowest BCUT2D eigenvalue weighted by Gasteiger charge is -2.34.